The van der Waals surface area contributed by atoms with Crippen LogP contribution in [0.25, 0.3) is 0 Å². The third kappa shape index (κ3) is 2.48. The van der Waals surface area contributed by atoms with Crippen molar-refractivity contribution in [3.05, 3.63) is 50.6 Å². The molecule has 3 N–H and O–H groups in total. The van der Waals surface area contributed by atoms with E-state index in [4.69, 9.17) is 0 Å². The number of carbonyl (C=O) groups is 1. The lowest BCUT2D eigenvalue weighted by atomic mass is 10.3. The monoisotopic (exact) mass is 317 g/mol. The number of rotatable bonds is 2. The van der Waals surface area contributed by atoms with Crippen LogP contribution in [0.5, 0.6) is 0 Å². The van der Waals surface area contributed by atoms with Gasteiger partial charge in [-0.25, -0.2) is 13.6 Å². The standard InChI is InChI=1S/C10H6BrF2N3O2/c11-4-1-5(12)8(6(13)2-4)16-9(17)7-3-14-10(18)15-7/h1-3H,(H,16,17)(H2,14,15,18). The minimum absolute atomic E-state index is 0.123. The van der Waals surface area contributed by atoms with Gasteiger partial charge in [0.25, 0.3) is 5.91 Å². The summed E-state index contributed by atoms with van der Waals surface area (Å²) in [5, 5.41) is 2.04. The van der Waals surface area contributed by atoms with Crippen LogP contribution < -0.4 is 11.0 Å². The van der Waals surface area contributed by atoms with E-state index in [-0.39, 0.29) is 10.2 Å². The van der Waals surface area contributed by atoms with Gasteiger partial charge in [0.15, 0.2) is 11.6 Å². The summed E-state index contributed by atoms with van der Waals surface area (Å²) in [6, 6.07) is 2.02. The van der Waals surface area contributed by atoms with Crippen LogP contribution in [0.1, 0.15) is 10.5 Å². The third-order valence-electron chi connectivity index (χ3n) is 2.09. The Morgan fingerprint density at radius 2 is 1.89 bits per heavy atom. The van der Waals surface area contributed by atoms with Crippen LogP contribution in [0.15, 0.2) is 27.6 Å². The highest BCUT2D eigenvalue weighted by atomic mass is 79.9. The minimum atomic E-state index is -0.923. The summed E-state index contributed by atoms with van der Waals surface area (Å²) in [5.74, 6) is -2.67. The number of hydrogen-bond donors (Lipinski definition) is 3. The first-order valence-corrected chi connectivity index (χ1v) is 5.50. The second-order valence-corrected chi connectivity index (χ2v) is 4.27. The Bertz CT molecular complexity index is 642. The number of anilines is 1. The average molecular weight is 318 g/mol. The number of aromatic amines is 2. The molecular weight excluding hydrogens is 312 g/mol. The molecule has 1 aromatic carbocycles. The summed E-state index contributed by atoms with van der Waals surface area (Å²) in [6.45, 7) is 0. The normalized spacial score (nSPS) is 10.4. The lowest BCUT2D eigenvalue weighted by Gasteiger charge is -2.06. The molecule has 1 aromatic heterocycles. The quantitative estimate of drug-likeness (QED) is 0.792. The molecule has 2 aromatic rings. The van der Waals surface area contributed by atoms with Gasteiger partial charge in [0.2, 0.25) is 0 Å². The molecule has 0 aliphatic carbocycles. The molecule has 0 aliphatic heterocycles. The molecule has 18 heavy (non-hydrogen) atoms. The van der Waals surface area contributed by atoms with Gasteiger partial charge in [-0.1, -0.05) is 15.9 Å². The van der Waals surface area contributed by atoms with Crippen molar-refractivity contribution >= 4 is 27.5 Å². The van der Waals surface area contributed by atoms with Crippen LogP contribution in [0.2, 0.25) is 0 Å². The first-order chi connectivity index (χ1) is 8.47. The Morgan fingerprint density at radius 1 is 1.28 bits per heavy atom. The Kier molecular flexibility index (Phi) is 3.28. The van der Waals surface area contributed by atoms with Crippen LogP contribution in [0, 0.1) is 11.6 Å². The van der Waals surface area contributed by atoms with Crippen LogP contribution in [-0.2, 0) is 0 Å². The summed E-state index contributed by atoms with van der Waals surface area (Å²) in [6.07, 6.45) is 1.10. The molecule has 0 atom stereocenters. The zero-order valence-corrected chi connectivity index (χ0v) is 10.3. The van der Waals surface area contributed by atoms with E-state index in [2.05, 4.69) is 25.9 Å². The second kappa shape index (κ2) is 4.73. The molecule has 0 aliphatic rings. The fraction of sp³-hybridized carbons (Fsp3) is 0. The van der Waals surface area contributed by atoms with E-state index >= 15 is 0 Å². The average Bonchev–Trinajstić information content (AvgIpc) is 2.70. The van der Waals surface area contributed by atoms with Crippen molar-refractivity contribution in [2.45, 2.75) is 0 Å². The molecule has 2 rings (SSSR count). The molecular formula is C10H6BrF2N3O2. The maximum absolute atomic E-state index is 13.4. The number of halogens is 3. The molecule has 1 heterocycles. The van der Waals surface area contributed by atoms with Gasteiger partial charge in [-0.15, -0.1) is 0 Å². The molecule has 0 fully saturated rings. The molecule has 5 nitrogen and oxygen atoms in total. The van der Waals surface area contributed by atoms with Gasteiger partial charge < -0.3 is 15.3 Å². The number of hydrogen-bond acceptors (Lipinski definition) is 2. The predicted molar refractivity (Wildman–Crippen MR) is 63.4 cm³/mol. The summed E-state index contributed by atoms with van der Waals surface area (Å²) in [7, 11) is 0. The number of nitrogens with one attached hydrogen (secondary N) is 3. The largest absolute Gasteiger partial charge is 0.323 e. The number of amides is 1. The lowest BCUT2D eigenvalue weighted by molar-refractivity contribution is 0.102. The number of H-pyrrole nitrogens is 2. The van der Waals surface area contributed by atoms with E-state index in [0.29, 0.717) is 0 Å². The molecule has 0 unspecified atom stereocenters. The number of benzene rings is 1. The number of carbonyl (C=O) groups excluding carboxylic acids is 1. The molecule has 1 amide bonds. The molecule has 0 saturated heterocycles. The molecule has 0 bridgehead atoms. The van der Waals surface area contributed by atoms with Crippen molar-refractivity contribution in [3.8, 4) is 0 Å². The van der Waals surface area contributed by atoms with Crippen LogP contribution in [0.3, 0.4) is 0 Å². The second-order valence-electron chi connectivity index (χ2n) is 3.36. The Labute approximate surface area is 107 Å². The zero-order chi connectivity index (χ0) is 13.3. The SMILES string of the molecule is O=C(Nc1c(F)cc(Br)cc1F)c1c[nH]c(=O)[nH]1. The summed E-state index contributed by atoms with van der Waals surface area (Å²) in [4.78, 5) is 26.7. The van der Waals surface area contributed by atoms with Crippen molar-refractivity contribution in [2.75, 3.05) is 5.32 Å². The first-order valence-electron chi connectivity index (χ1n) is 4.71. The van der Waals surface area contributed by atoms with E-state index in [1.807, 2.05) is 5.32 Å². The van der Waals surface area contributed by atoms with Crippen molar-refractivity contribution < 1.29 is 13.6 Å². The van der Waals surface area contributed by atoms with E-state index in [1.54, 1.807) is 0 Å². The molecule has 94 valence electrons. The number of aromatic nitrogens is 2. The minimum Gasteiger partial charge on any atom is -0.316 e. The lowest BCUT2D eigenvalue weighted by Crippen LogP contribution is -2.16. The van der Waals surface area contributed by atoms with Gasteiger partial charge >= 0.3 is 5.69 Å². The van der Waals surface area contributed by atoms with E-state index < -0.39 is 28.9 Å². The molecule has 0 saturated carbocycles. The highest BCUT2D eigenvalue weighted by molar-refractivity contribution is 9.10. The fourth-order valence-electron chi connectivity index (χ4n) is 1.30. The van der Waals surface area contributed by atoms with E-state index in [9.17, 15) is 18.4 Å². The summed E-state index contributed by atoms with van der Waals surface area (Å²) in [5.41, 5.74) is -1.29. The fourth-order valence-corrected chi connectivity index (χ4v) is 1.70. The Hall–Kier alpha value is -1.96. The van der Waals surface area contributed by atoms with Crippen LogP contribution in [-0.4, -0.2) is 15.9 Å². The smallest absolute Gasteiger partial charge is 0.316 e. The molecule has 0 spiro atoms. The van der Waals surface area contributed by atoms with Crippen LogP contribution in [0.4, 0.5) is 14.5 Å². The highest BCUT2D eigenvalue weighted by Crippen LogP contribution is 2.23. The maximum Gasteiger partial charge on any atom is 0.323 e. The van der Waals surface area contributed by atoms with Gasteiger partial charge in [-0.2, -0.15) is 0 Å². The van der Waals surface area contributed by atoms with Crippen LogP contribution >= 0.6 is 15.9 Å². The van der Waals surface area contributed by atoms with Gasteiger partial charge in [0, 0.05) is 10.7 Å². The van der Waals surface area contributed by atoms with Gasteiger partial charge in [0.05, 0.1) is 0 Å². The zero-order valence-electron chi connectivity index (χ0n) is 8.68. The third-order valence-corrected chi connectivity index (χ3v) is 2.54. The van der Waals surface area contributed by atoms with Gasteiger partial charge in [0.1, 0.15) is 11.4 Å². The van der Waals surface area contributed by atoms with Gasteiger partial charge in [-0.05, 0) is 12.1 Å². The van der Waals surface area contributed by atoms with Crippen molar-refractivity contribution in [3.63, 3.8) is 0 Å². The van der Waals surface area contributed by atoms with Crippen molar-refractivity contribution in [1.82, 2.24) is 9.97 Å². The first kappa shape index (κ1) is 12.5. The van der Waals surface area contributed by atoms with E-state index in [1.165, 1.54) is 0 Å². The predicted octanol–water partition coefficient (Wildman–Crippen LogP) is 2.00. The summed E-state index contributed by atoms with van der Waals surface area (Å²) >= 11 is 2.92. The van der Waals surface area contributed by atoms with Gasteiger partial charge in [-0.3, -0.25) is 4.79 Å². The van der Waals surface area contributed by atoms with Crippen molar-refractivity contribution in [1.29, 1.82) is 0 Å². The Morgan fingerprint density at radius 3 is 2.39 bits per heavy atom. The topological polar surface area (TPSA) is 77.8 Å². The van der Waals surface area contributed by atoms with E-state index in [0.717, 1.165) is 18.3 Å². The molecule has 8 heteroatoms. The molecule has 0 radical (unpaired) electrons. The maximum atomic E-state index is 13.4. The highest BCUT2D eigenvalue weighted by Gasteiger charge is 2.15. The summed E-state index contributed by atoms with van der Waals surface area (Å²) < 4.78 is 27.1. The Balaban J connectivity index is 2.30. The number of imidazole rings is 1. The van der Waals surface area contributed by atoms with Crippen molar-refractivity contribution in [2.24, 2.45) is 0 Å².